The highest BCUT2D eigenvalue weighted by Gasteiger charge is 2.14. The van der Waals surface area contributed by atoms with Crippen LogP contribution in [0.1, 0.15) is 18.4 Å². The Kier molecular flexibility index (Phi) is 12.0. The summed E-state index contributed by atoms with van der Waals surface area (Å²) in [6, 6.07) is 5.46. The summed E-state index contributed by atoms with van der Waals surface area (Å²) in [6.45, 7) is 1.99. The molecule has 0 amide bonds. The van der Waals surface area contributed by atoms with Crippen molar-refractivity contribution in [2.75, 3.05) is 25.6 Å². The zero-order chi connectivity index (χ0) is 19.7. The van der Waals surface area contributed by atoms with Crippen LogP contribution in [0.3, 0.4) is 0 Å². The first-order valence-electron chi connectivity index (χ1n) is 7.09. The van der Waals surface area contributed by atoms with Gasteiger partial charge < -0.3 is 25.4 Å². The van der Waals surface area contributed by atoms with Gasteiger partial charge in [-0.3, -0.25) is 10.3 Å². The number of nitrogens with one attached hydrogen (secondary N) is 2. The summed E-state index contributed by atoms with van der Waals surface area (Å²) in [5, 5.41) is 12.7. The number of phenolic OH excluding ortho intramolecular Hbond substituents is 1. The Bertz CT molecular complexity index is 746. The molecule has 0 aromatic heterocycles. The van der Waals surface area contributed by atoms with E-state index in [4.69, 9.17) is 25.9 Å². The second kappa shape index (κ2) is 11.8. The number of hydrogen-bond acceptors (Lipinski definition) is 8. The van der Waals surface area contributed by atoms with Crippen LogP contribution in [0.5, 0.6) is 5.75 Å². The van der Waals surface area contributed by atoms with E-state index in [0.29, 0.717) is 18.2 Å². The third-order valence-corrected chi connectivity index (χ3v) is 2.58. The van der Waals surface area contributed by atoms with Gasteiger partial charge in [0, 0.05) is 18.6 Å². The first-order chi connectivity index (χ1) is 11.3. The van der Waals surface area contributed by atoms with Gasteiger partial charge in [-0.2, -0.15) is 0 Å². The lowest BCUT2D eigenvalue weighted by atomic mass is 10.1. The summed E-state index contributed by atoms with van der Waals surface area (Å²) >= 11 is 0. The lowest BCUT2D eigenvalue weighted by Gasteiger charge is -2.01. The molecule has 0 saturated carbocycles. The van der Waals surface area contributed by atoms with Gasteiger partial charge in [0.1, 0.15) is 0 Å². The van der Waals surface area contributed by atoms with Crippen LogP contribution in [-0.2, 0) is 20.2 Å². The first-order valence-corrected chi connectivity index (χ1v) is 10.7. The minimum absolute atomic E-state index is 0. The molecular formula is C13H25N3O8S2. The Hall–Kier alpha value is -1.77. The fourth-order valence-corrected chi connectivity index (χ4v) is 1.68. The van der Waals surface area contributed by atoms with E-state index in [1.165, 1.54) is 12.8 Å². The number of aromatic hydroxyl groups is 1. The smallest absolute Gasteiger partial charge is 0.275 e. The Labute approximate surface area is 152 Å². The normalized spacial score (nSPS) is 14.0. The highest BCUT2D eigenvalue weighted by atomic mass is 32.2. The Morgan fingerprint density at radius 3 is 2.08 bits per heavy atom. The first kappa shape index (κ1) is 26.5. The van der Waals surface area contributed by atoms with E-state index >= 15 is 0 Å². The van der Waals surface area contributed by atoms with Crippen molar-refractivity contribution in [1.29, 1.82) is 0 Å². The van der Waals surface area contributed by atoms with Crippen molar-refractivity contribution in [2.45, 2.75) is 12.8 Å². The van der Waals surface area contributed by atoms with E-state index in [0.717, 1.165) is 24.5 Å². The molecule has 0 atom stereocenters. The molecule has 1 aliphatic heterocycles. The van der Waals surface area contributed by atoms with E-state index in [1.54, 1.807) is 6.07 Å². The van der Waals surface area contributed by atoms with Gasteiger partial charge >= 0.3 is 0 Å². The van der Waals surface area contributed by atoms with E-state index in [-0.39, 0.29) is 11.2 Å². The molecule has 0 unspecified atom stereocenters. The average Bonchev–Trinajstić information content (AvgIpc) is 2.67. The SMILES string of the molecule is CS(=O)(=O)[O-].CS(=O)(=O)[O-].O.[NH3+]c1cc(C2=[NH+]CCCCN2)ccc1O. The van der Waals surface area contributed by atoms with Gasteiger partial charge in [-0.1, -0.05) is 0 Å². The number of hydrogen-bond donors (Lipinski definition) is 4. The predicted octanol–water partition coefficient (Wildman–Crippen LogP) is -4.03. The molecule has 0 spiro atoms. The maximum Gasteiger partial charge on any atom is 0.275 e. The lowest BCUT2D eigenvalue weighted by molar-refractivity contribution is -0.457. The summed E-state index contributed by atoms with van der Waals surface area (Å²) in [7, 11) is -7.83. The number of amidine groups is 1. The van der Waals surface area contributed by atoms with Gasteiger partial charge in [-0.15, -0.1) is 0 Å². The fourth-order valence-electron chi connectivity index (χ4n) is 1.68. The van der Waals surface area contributed by atoms with Crippen LogP contribution in [0.15, 0.2) is 18.2 Å². The van der Waals surface area contributed by atoms with Gasteiger partial charge in [0.15, 0.2) is 11.4 Å². The minimum Gasteiger partial charge on any atom is -0.748 e. The molecule has 26 heavy (non-hydrogen) atoms. The van der Waals surface area contributed by atoms with E-state index in [9.17, 15) is 5.11 Å². The van der Waals surface area contributed by atoms with Crippen molar-refractivity contribution in [3.8, 4) is 5.75 Å². The second-order valence-electron chi connectivity index (χ2n) is 5.19. The molecular weight excluding hydrogens is 390 g/mol. The summed E-state index contributed by atoms with van der Waals surface area (Å²) in [5.74, 6) is 1.28. The molecule has 1 aromatic rings. The monoisotopic (exact) mass is 415 g/mol. The quantitative estimate of drug-likeness (QED) is 0.330. The Morgan fingerprint density at radius 1 is 1.12 bits per heavy atom. The summed E-state index contributed by atoms with van der Waals surface area (Å²) < 4.78 is 54.5. The maximum absolute atomic E-state index is 9.39. The number of phenols is 1. The fraction of sp³-hybridized carbons (Fsp3) is 0.462. The van der Waals surface area contributed by atoms with Crippen molar-refractivity contribution in [3.63, 3.8) is 0 Å². The molecule has 1 aliphatic rings. The number of rotatable bonds is 1. The summed E-state index contributed by atoms with van der Waals surface area (Å²) in [5.41, 5.74) is 5.50. The van der Waals surface area contributed by atoms with Crippen molar-refractivity contribution in [2.24, 2.45) is 0 Å². The molecule has 1 aromatic carbocycles. The molecule has 1 heterocycles. The highest BCUT2D eigenvalue weighted by molar-refractivity contribution is 7.85. The molecule has 0 bridgehead atoms. The zero-order valence-electron chi connectivity index (χ0n) is 14.5. The third-order valence-electron chi connectivity index (χ3n) is 2.58. The zero-order valence-corrected chi connectivity index (χ0v) is 16.1. The van der Waals surface area contributed by atoms with E-state index in [2.05, 4.69) is 16.0 Å². The Morgan fingerprint density at radius 2 is 1.62 bits per heavy atom. The molecule has 11 nitrogen and oxygen atoms in total. The van der Waals surface area contributed by atoms with Gasteiger partial charge in [0.2, 0.25) is 0 Å². The second-order valence-corrected chi connectivity index (χ2v) is 8.00. The maximum atomic E-state index is 9.39. The lowest BCUT2D eigenvalue weighted by Crippen LogP contribution is -2.75. The molecule has 8 N–H and O–H groups in total. The van der Waals surface area contributed by atoms with Gasteiger partial charge in [0.05, 0.1) is 38.9 Å². The minimum atomic E-state index is -3.92. The molecule has 2 rings (SSSR count). The topological polar surface area (TPSA) is 220 Å². The molecule has 152 valence electrons. The number of quaternary nitrogens is 1. The van der Waals surface area contributed by atoms with Crippen LogP contribution in [0, 0.1) is 0 Å². The van der Waals surface area contributed by atoms with Gasteiger partial charge in [-0.25, -0.2) is 16.8 Å². The molecule has 0 radical (unpaired) electrons. The average molecular weight is 415 g/mol. The Balaban J connectivity index is 0. The molecule has 0 saturated heterocycles. The van der Waals surface area contributed by atoms with E-state index in [1.807, 2.05) is 12.1 Å². The van der Waals surface area contributed by atoms with Gasteiger partial charge in [-0.05, 0) is 25.0 Å². The molecule has 13 heteroatoms. The van der Waals surface area contributed by atoms with Crippen LogP contribution < -0.4 is 16.0 Å². The largest absolute Gasteiger partial charge is 0.748 e. The standard InChI is InChI=1S/C11H15N3O.2CH4O3S.H2O/c12-9-7-8(3-4-10(9)15)11-13-5-1-2-6-14-11;2*1-5(2,3)4;/h3-4,7,15H,1-2,5-6,12H2,(H,13,14);2*1H3,(H,2,3,4);1H2. The van der Waals surface area contributed by atoms with Crippen LogP contribution in [0.4, 0.5) is 5.69 Å². The van der Waals surface area contributed by atoms with Crippen molar-refractivity contribution in [3.05, 3.63) is 23.8 Å². The van der Waals surface area contributed by atoms with Crippen LogP contribution in [0.2, 0.25) is 0 Å². The summed E-state index contributed by atoms with van der Waals surface area (Å²) in [6.07, 6.45) is 3.58. The molecule has 0 fully saturated rings. The van der Waals surface area contributed by atoms with Crippen LogP contribution in [-0.4, -0.2) is 68.0 Å². The van der Waals surface area contributed by atoms with Crippen LogP contribution >= 0.6 is 0 Å². The van der Waals surface area contributed by atoms with Crippen molar-refractivity contribution in [1.82, 2.24) is 5.32 Å². The summed E-state index contributed by atoms with van der Waals surface area (Å²) in [4.78, 5) is 3.34. The van der Waals surface area contributed by atoms with E-state index < -0.39 is 20.2 Å². The number of benzene rings is 1. The molecule has 0 aliphatic carbocycles. The highest BCUT2D eigenvalue weighted by Crippen LogP contribution is 2.18. The third kappa shape index (κ3) is 17.1. The van der Waals surface area contributed by atoms with Crippen LogP contribution in [0.25, 0.3) is 0 Å². The van der Waals surface area contributed by atoms with Gasteiger partial charge in [0.25, 0.3) is 5.84 Å². The predicted molar refractivity (Wildman–Crippen MR) is 92.7 cm³/mol. The van der Waals surface area contributed by atoms with Crippen molar-refractivity contribution < 1.29 is 47.2 Å². The van der Waals surface area contributed by atoms with Crippen molar-refractivity contribution >= 4 is 31.8 Å².